The van der Waals surface area contributed by atoms with Crippen LogP contribution >= 0.6 is 11.6 Å². The molecule has 0 heterocycles. The van der Waals surface area contributed by atoms with Gasteiger partial charge in [-0.05, 0) is 151 Å². The molecule has 59 heavy (non-hydrogen) atoms. The van der Waals surface area contributed by atoms with Crippen molar-refractivity contribution in [1.29, 1.82) is 0 Å². The minimum absolute atomic E-state index is 0.388. The smallest absolute Gasteiger partial charge is 0.343 e. The number of carbonyl (C=O) groups excluding carboxylic acids is 2. The fraction of sp³-hybridized carbons (Fsp3) is 0.0385. The molecule has 0 N–H and O–H groups in total. The predicted molar refractivity (Wildman–Crippen MR) is 239 cm³/mol. The summed E-state index contributed by atoms with van der Waals surface area (Å²) in [6, 6.07) is 66.6. The third kappa shape index (κ3) is 9.37. The van der Waals surface area contributed by atoms with E-state index in [0.29, 0.717) is 27.6 Å². The quantitative estimate of drug-likeness (QED) is 0.0740. The van der Waals surface area contributed by atoms with Crippen molar-refractivity contribution < 1.29 is 19.1 Å². The highest BCUT2D eigenvalue weighted by Crippen LogP contribution is 2.37. The molecule has 8 aromatic rings. The number of ether oxygens (including phenoxy) is 2. The number of hydrogen-bond donors (Lipinski definition) is 0. The van der Waals surface area contributed by atoms with Crippen molar-refractivity contribution in [3.63, 3.8) is 0 Å². The van der Waals surface area contributed by atoms with Gasteiger partial charge in [0.15, 0.2) is 29.4 Å². The highest BCUT2D eigenvalue weighted by Gasteiger charge is 2.31. The van der Waals surface area contributed by atoms with Gasteiger partial charge in [0, 0.05) is 17.2 Å². The Kier molecular flexibility index (Phi) is 12.1. The molecule has 2 atom stereocenters. The average Bonchev–Trinajstić information content (AvgIpc) is 3.26. The lowest BCUT2D eigenvalue weighted by molar-refractivity contribution is 0.0724. The minimum atomic E-state index is -0.461. The van der Waals surface area contributed by atoms with Gasteiger partial charge in [0.2, 0.25) is 0 Å². The summed E-state index contributed by atoms with van der Waals surface area (Å²) in [6.45, 7) is 3.83. The second kappa shape index (κ2) is 18.1. The monoisotopic (exact) mass is 826 g/mol. The Morgan fingerprint density at radius 3 is 1.37 bits per heavy atom. The summed E-state index contributed by atoms with van der Waals surface area (Å²) < 4.78 is 11.4. The van der Waals surface area contributed by atoms with Gasteiger partial charge in [-0.3, -0.25) is 0 Å². The number of benzene rings is 8. The van der Waals surface area contributed by atoms with E-state index < -0.39 is 27.8 Å². The highest BCUT2D eigenvalue weighted by molar-refractivity contribution is 7.97. The van der Waals surface area contributed by atoms with Crippen molar-refractivity contribution in [1.82, 2.24) is 0 Å². The van der Waals surface area contributed by atoms with Gasteiger partial charge >= 0.3 is 11.9 Å². The summed E-state index contributed by atoms with van der Waals surface area (Å²) in [6.07, 6.45) is 0. The van der Waals surface area contributed by atoms with Gasteiger partial charge in [-0.15, -0.1) is 0 Å². The van der Waals surface area contributed by atoms with Crippen LogP contribution in [-0.2, 0) is 21.8 Å². The highest BCUT2D eigenvalue weighted by atomic mass is 35.5. The fourth-order valence-corrected chi connectivity index (χ4v) is 11.2. The van der Waals surface area contributed by atoms with Crippen molar-refractivity contribution >= 4 is 45.3 Å². The van der Waals surface area contributed by atoms with Crippen molar-refractivity contribution in [2.45, 2.75) is 43.2 Å². The molecular weight excluding hydrogens is 788 g/mol. The van der Waals surface area contributed by atoms with Gasteiger partial charge in [-0.1, -0.05) is 84.4 Å². The molecule has 4 nitrogen and oxygen atoms in total. The molecule has 0 amide bonds. The van der Waals surface area contributed by atoms with Gasteiger partial charge < -0.3 is 9.47 Å². The van der Waals surface area contributed by atoms with Crippen LogP contribution in [0.25, 0.3) is 11.1 Å². The van der Waals surface area contributed by atoms with Crippen molar-refractivity contribution in [3.8, 4) is 22.6 Å². The first-order valence-corrected chi connectivity index (χ1v) is 21.9. The Balaban J connectivity index is 1.09. The van der Waals surface area contributed by atoms with Crippen LogP contribution in [0.3, 0.4) is 0 Å². The summed E-state index contributed by atoms with van der Waals surface area (Å²) in [4.78, 5) is 33.1. The molecule has 288 valence electrons. The van der Waals surface area contributed by atoms with Crippen molar-refractivity contribution in [3.05, 3.63) is 227 Å². The van der Waals surface area contributed by atoms with Crippen LogP contribution in [-0.4, -0.2) is 11.9 Å². The fourth-order valence-electron chi connectivity index (χ4n) is 6.72. The van der Waals surface area contributed by atoms with Gasteiger partial charge in [0.1, 0.15) is 11.5 Å². The molecule has 0 saturated heterocycles. The zero-order valence-corrected chi connectivity index (χ0v) is 34.8. The van der Waals surface area contributed by atoms with E-state index in [2.05, 4.69) is 97.1 Å². The molecule has 0 aliphatic rings. The van der Waals surface area contributed by atoms with E-state index in [1.807, 2.05) is 92.7 Å². The van der Waals surface area contributed by atoms with E-state index in [1.54, 1.807) is 24.3 Å². The topological polar surface area (TPSA) is 52.6 Å². The Hall–Kier alpha value is -6.31. The first kappa shape index (κ1) is 39.5. The second-order valence-corrected chi connectivity index (χ2v) is 18.3. The first-order valence-electron chi connectivity index (χ1n) is 19.1. The maximum absolute atomic E-state index is 13.2. The maximum atomic E-state index is 13.2. The van der Waals surface area contributed by atoms with E-state index >= 15 is 0 Å². The lowest BCUT2D eigenvalue weighted by Gasteiger charge is -2.12. The Morgan fingerprint density at radius 1 is 0.424 bits per heavy atom. The van der Waals surface area contributed by atoms with Crippen LogP contribution < -0.4 is 9.47 Å². The number of hydrogen-bond acceptors (Lipinski definition) is 4. The first-order chi connectivity index (χ1) is 28.8. The SMILES string of the molecule is Cc1cccc(OC(=O)c2ccc([S+](c3ccccc3)c3cccc(-c4cccc([S+](c5ccccc5)c5ccc(C(=O)Oc6ccc(Cl)cc6C)cc5)c4)c3)cc2)c1. The largest absolute Gasteiger partial charge is 0.423 e. The third-order valence-corrected chi connectivity index (χ3v) is 14.3. The molecule has 0 radical (unpaired) electrons. The normalized spacial score (nSPS) is 12.0. The number of rotatable bonds is 11. The van der Waals surface area contributed by atoms with E-state index in [-0.39, 0.29) is 5.97 Å². The van der Waals surface area contributed by atoms with Crippen LogP contribution in [0.2, 0.25) is 5.02 Å². The van der Waals surface area contributed by atoms with Gasteiger partial charge in [-0.2, -0.15) is 0 Å². The molecule has 0 aromatic heterocycles. The summed E-state index contributed by atoms with van der Waals surface area (Å²) in [5.74, 6) is 0.203. The zero-order valence-electron chi connectivity index (χ0n) is 32.4. The van der Waals surface area contributed by atoms with Crippen LogP contribution in [0.4, 0.5) is 0 Å². The molecule has 0 aliphatic carbocycles. The van der Waals surface area contributed by atoms with E-state index in [0.717, 1.165) is 41.8 Å². The zero-order chi connectivity index (χ0) is 40.7. The number of aryl methyl sites for hydroxylation is 2. The molecule has 0 aliphatic heterocycles. The average molecular weight is 827 g/mol. The second-order valence-electron chi connectivity index (χ2n) is 13.8. The molecule has 8 rings (SSSR count). The molecule has 0 saturated carbocycles. The predicted octanol–water partition coefficient (Wildman–Crippen LogP) is 13.3. The number of esters is 2. The van der Waals surface area contributed by atoms with Crippen LogP contribution in [0.5, 0.6) is 11.5 Å². The number of halogens is 1. The maximum Gasteiger partial charge on any atom is 0.343 e. The van der Waals surface area contributed by atoms with Crippen LogP contribution in [0, 0.1) is 13.8 Å². The summed E-state index contributed by atoms with van der Waals surface area (Å²) in [5, 5.41) is 0.593. The lowest BCUT2D eigenvalue weighted by Crippen LogP contribution is -2.10. The summed E-state index contributed by atoms with van der Waals surface area (Å²) >= 11 is 6.11. The Labute approximate surface area is 355 Å². The minimum Gasteiger partial charge on any atom is -0.423 e. The lowest BCUT2D eigenvalue weighted by atomic mass is 10.1. The van der Waals surface area contributed by atoms with E-state index in [1.165, 1.54) is 9.79 Å². The standard InChI is InChI=1S/C52H39ClO4S2/c1-36-12-9-15-43(32-36)56-51(54)38-22-27-46(28-23-38)58(44-16-5-3-6-17-44)48-20-10-13-40(34-48)41-14-11-21-49(35-41)59(45-18-7-4-8-19-45)47-29-24-39(25-30-47)52(55)57-50-31-26-42(53)33-37(50)2/h3-35H,1-2H3/q+2. The van der Waals surface area contributed by atoms with E-state index in [4.69, 9.17) is 21.1 Å². The molecule has 7 heteroatoms. The molecule has 0 spiro atoms. The van der Waals surface area contributed by atoms with E-state index in [9.17, 15) is 9.59 Å². The molecule has 0 bridgehead atoms. The summed E-state index contributed by atoms with van der Waals surface area (Å²) in [7, 11) is -0.912. The van der Waals surface area contributed by atoms with Gasteiger partial charge in [0.25, 0.3) is 0 Å². The van der Waals surface area contributed by atoms with Crippen LogP contribution in [0.15, 0.2) is 230 Å². The van der Waals surface area contributed by atoms with Gasteiger partial charge in [-0.25, -0.2) is 9.59 Å². The van der Waals surface area contributed by atoms with Gasteiger partial charge in [0.05, 0.1) is 32.9 Å². The Bertz CT molecular complexity index is 2740. The Morgan fingerprint density at radius 2 is 0.881 bits per heavy atom. The van der Waals surface area contributed by atoms with Crippen LogP contribution in [0.1, 0.15) is 31.8 Å². The molecular formula is C52H39ClO4S2+2. The number of carbonyl (C=O) groups is 2. The van der Waals surface area contributed by atoms with Crippen molar-refractivity contribution in [2.24, 2.45) is 0 Å². The van der Waals surface area contributed by atoms with Crippen molar-refractivity contribution in [2.75, 3.05) is 0 Å². The molecule has 2 unspecified atom stereocenters. The third-order valence-electron chi connectivity index (χ3n) is 9.62. The molecule has 0 fully saturated rings. The molecule has 8 aromatic carbocycles. The summed E-state index contributed by atoms with van der Waals surface area (Å²) in [5.41, 5.74) is 4.98.